The molecule has 0 saturated heterocycles. The van der Waals surface area contributed by atoms with Crippen molar-refractivity contribution in [2.45, 2.75) is 11.8 Å². The summed E-state index contributed by atoms with van der Waals surface area (Å²) in [5.41, 5.74) is 0.557. The maximum atomic E-state index is 13.4. The predicted octanol–water partition coefficient (Wildman–Crippen LogP) is 1.80. The van der Waals surface area contributed by atoms with E-state index in [4.69, 9.17) is 0 Å². The highest BCUT2D eigenvalue weighted by Crippen LogP contribution is 2.19. The fourth-order valence-corrected chi connectivity index (χ4v) is 2.48. The zero-order valence-electron chi connectivity index (χ0n) is 9.24. The lowest BCUT2D eigenvalue weighted by molar-refractivity contribution is 0.551. The van der Waals surface area contributed by atoms with E-state index in [1.807, 2.05) is 0 Å². The Labute approximate surface area is 102 Å². The van der Waals surface area contributed by atoms with E-state index in [2.05, 4.69) is 14.9 Å². The molecule has 18 heavy (non-hydrogen) atoms. The highest BCUT2D eigenvalue weighted by molar-refractivity contribution is 7.92. The smallest absolute Gasteiger partial charge is 0.263 e. The van der Waals surface area contributed by atoms with E-state index in [1.54, 1.807) is 6.92 Å². The third-order valence-electron chi connectivity index (χ3n) is 2.25. The minimum atomic E-state index is -4.12. The van der Waals surface area contributed by atoms with Crippen LogP contribution in [0.3, 0.4) is 0 Å². The van der Waals surface area contributed by atoms with Gasteiger partial charge in [-0.05, 0) is 19.1 Å². The number of sulfonamides is 1. The standard InChI is InChI=1S/C10H9F2N3O2S/c1-6-5-13-14-10(6)15-18(16,17)9-3-2-7(11)4-8(9)12/h2-5H,1H3,(H2,13,14,15). The van der Waals surface area contributed by atoms with Gasteiger partial charge in [-0.2, -0.15) is 5.10 Å². The number of halogens is 2. The Morgan fingerprint density at radius 1 is 1.33 bits per heavy atom. The van der Waals surface area contributed by atoms with Crippen molar-refractivity contribution in [3.05, 3.63) is 41.6 Å². The number of aromatic amines is 1. The van der Waals surface area contributed by atoms with Crippen molar-refractivity contribution in [1.29, 1.82) is 0 Å². The average molecular weight is 273 g/mol. The molecule has 1 aromatic carbocycles. The fraction of sp³-hybridized carbons (Fsp3) is 0.100. The lowest BCUT2D eigenvalue weighted by atomic mass is 10.3. The predicted molar refractivity (Wildman–Crippen MR) is 60.5 cm³/mol. The molecule has 8 heteroatoms. The van der Waals surface area contributed by atoms with Crippen LogP contribution in [0.15, 0.2) is 29.3 Å². The second-order valence-electron chi connectivity index (χ2n) is 3.61. The van der Waals surface area contributed by atoms with Crippen molar-refractivity contribution in [2.24, 2.45) is 0 Å². The molecule has 0 radical (unpaired) electrons. The fourth-order valence-electron chi connectivity index (χ4n) is 1.33. The molecule has 96 valence electrons. The first-order chi connectivity index (χ1) is 8.40. The molecule has 0 spiro atoms. The van der Waals surface area contributed by atoms with Gasteiger partial charge < -0.3 is 0 Å². The van der Waals surface area contributed by atoms with Gasteiger partial charge in [0.15, 0.2) is 0 Å². The first-order valence-electron chi connectivity index (χ1n) is 4.88. The van der Waals surface area contributed by atoms with Crippen LogP contribution >= 0.6 is 0 Å². The molecular weight excluding hydrogens is 264 g/mol. The molecule has 0 saturated carbocycles. The summed E-state index contributed by atoms with van der Waals surface area (Å²) in [4.78, 5) is -0.627. The van der Waals surface area contributed by atoms with Crippen LogP contribution in [-0.4, -0.2) is 18.6 Å². The summed E-state index contributed by atoms with van der Waals surface area (Å²) >= 11 is 0. The third-order valence-corrected chi connectivity index (χ3v) is 3.63. The second kappa shape index (κ2) is 4.37. The van der Waals surface area contributed by atoms with Crippen molar-refractivity contribution in [1.82, 2.24) is 10.2 Å². The lowest BCUT2D eigenvalue weighted by Gasteiger charge is -2.07. The molecule has 2 aromatic rings. The number of benzene rings is 1. The van der Waals surface area contributed by atoms with Crippen molar-refractivity contribution in [2.75, 3.05) is 4.72 Å². The quantitative estimate of drug-likeness (QED) is 0.895. The molecule has 1 aromatic heterocycles. The molecule has 0 fully saturated rings. The van der Waals surface area contributed by atoms with Crippen LogP contribution in [0.4, 0.5) is 14.6 Å². The molecule has 2 rings (SSSR count). The summed E-state index contributed by atoms with van der Waals surface area (Å²) in [6, 6.07) is 2.24. The number of hydrogen-bond donors (Lipinski definition) is 2. The number of hydrogen-bond acceptors (Lipinski definition) is 3. The molecule has 0 unspecified atom stereocenters. The Balaban J connectivity index is 2.40. The van der Waals surface area contributed by atoms with Gasteiger partial charge in [-0.1, -0.05) is 0 Å². The zero-order valence-corrected chi connectivity index (χ0v) is 10.1. The Morgan fingerprint density at radius 2 is 2.06 bits per heavy atom. The molecular formula is C10H9F2N3O2S. The van der Waals surface area contributed by atoms with Crippen LogP contribution < -0.4 is 4.72 Å². The van der Waals surface area contributed by atoms with Gasteiger partial charge in [0.25, 0.3) is 10.0 Å². The molecule has 1 heterocycles. The number of nitrogens with zero attached hydrogens (tertiary/aromatic N) is 1. The topological polar surface area (TPSA) is 74.8 Å². The average Bonchev–Trinajstić information content (AvgIpc) is 2.63. The van der Waals surface area contributed by atoms with Crippen LogP contribution in [0, 0.1) is 18.6 Å². The Bertz CT molecular complexity index is 682. The summed E-state index contributed by atoms with van der Waals surface area (Å²) < 4.78 is 52.0. The molecule has 0 amide bonds. The van der Waals surface area contributed by atoms with E-state index in [1.165, 1.54) is 6.20 Å². The minimum absolute atomic E-state index is 0.138. The van der Waals surface area contributed by atoms with Gasteiger partial charge >= 0.3 is 0 Å². The Morgan fingerprint density at radius 3 is 2.61 bits per heavy atom. The summed E-state index contributed by atoms with van der Waals surface area (Å²) in [6.45, 7) is 1.63. The number of anilines is 1. The van der Waals surface area contributed by atoms with E-state index in [-0.39, 0.29) is 5.82 Å². The summed E-state index contributed by atoms with van der Waals surface area (Å²) in [7, 11) is -4.12. The maximum Gasteiger partial charge on any atom is 0.265 e. The zero-order chi connectivity index (χ0) is 13.3. The van der Waals surface area contributed by atoms with E-state index >= 15 is 0 Å². The summed E-state index contributed by atoms with van der Waals surface area (Å²) in [5, 5.41) is 6.06. The number of H-pyrrole nitrogens is 1. The van der Waals surface area contributed by atoms with Gasteiger partial charge in [-0.15, -0.1) is 0 Å². The van der Waals surface area contributed by atoms with Crippen LogP contribution in [0.5, 0.6) is 0 Å². The Hall–Kier alpha value is -1.96. The normalized spacial score (nSPS) is 11.5. The maximum absolute atomic E-state index is 13.4. The number of nitrogens with one attached hydrogen (secondary N) is 2. The monoisotopic (exact) mass is 273 g/mol. The lowest BCUT2D eigenvalue weighted by Crippen LogP contribution is -2.15. The molecule has 0 aliphatic rings. The van der Waals surface area contributed by atoms with Crippen LogP contribution in [-0.2, 0) is 10.0 Å². The molecule has 0 aliphatic carbocycles. The van der Waals surface area contributed by atoms with Gasteiger partial charge in [0, 0.05) is 11.6 Å². The molecule has 0 atom stereocenters. The van der Waals surface area contributed by atoms with Crippen molar-refractivity contribution < 1.29 is 17.2 Å². The van der Waals surface area contributed by atoms with Crippen LogP contribution in [0.1, 0.15) is 5.56 Å². The first kappa shape index (κ1) is 12.5. The summed E-state index contributed by atoms with van der Waals surface area (Å²) in [5.74, 6) is -1.86. The number of aromatic nitrogens is 2. The molecule has 2 N–H and O–H groups in total. The van der Waals surface area contributed by atoms with Crippen LogP contribution in [0.2, 0.25) is 0 Å². The van der Waals surface area contributed by atoms with Gasteiger partial charge in [0.05, 0.1) is 6.20 Å². The molecule has 0 bridgehead atoms. The summed E-state index contributed by atoms with van der Waals surface area (Å²) in [6.07, 6.45) is 1.42. The van der Waals surface area contributed by atoms with E-state index in [0.717, 1.165) is 12.1 Å². The molecule has 0 aliphatic heterocycles. The van der Waals surface area contributed by atoms with E-state index in [9.17, 15) is 17.2 Å². The van der Waals surface area contributed by atoms with Gasteiger partial charge in [0.1, 0.15) is 22.3 Å². The van der Waals surface area contributed by atoms with Crippen LogP contribution in [0.25, 0.3) is 0 Å². The Kier molecular flexibility index (Phi) is 3.04. The van der Waals surface area contributed by atoms with E-state index in [0.29, 0.717) is 11.6 Å². The first-order valence-corrected chi connectivity index (χ1v) is 6.36. The third kappa shape index (κ3) is 2.33. The SMILES string of the molecule is Cc1cn[nH]c1NS(=O)(=O)c1ccc(F)cc1F. The second-order valence-corrected chi connectivity index (χ2v) is 5.26. The number of rotatable bonds is 3. The number of aryl methyl sites for hydroxylation is 1. The minimum Gasteiger partial charge on any atom is -0.263 e. The van der Waals surface area contributed by atoms with Crippen molar-refractivity contribution in [3.63, 3.8) is 0 Å². The highest BCUT2D eigenvalue weighted by atomic mass is 32.2. The highest BCUT2D eigenvalue weighted by Gasteiger charge is 2.20. The van der Waals surface area contributed by atoms with E-state index < -0.39 is 26.6 Å². The van der Waals surface area contributed by atoms with Gasteiger partial charge in [0.2, 0.25) is 0 Å². The molecule has 5 nitrogen and oxygen atoms in total. The van der Waals surface area contributed by atoms with Gasteiger partial charge in [-0.3, -0.25) is 9.82 Å². The van der Waals surface area contributed by atoms with Crippen molar-refractivity contribution in [3.8, 4) is 0 Å². The van der Waals surface area contributed by atoms with Crippen molar-refractivity contribution >= 4 is 15.8 Å². The van der Waals surface area contributed by atoms with Gasteiger partial charge in [-0.25, -0.2) is 17.2 Å². The largest absolute Gasteiger partial charge is 0.265 e.